The van der Waals surface area contributed by atoms with Crippen LogP contribution in [0.2, 0.25) is 0 Å². The molecule has 0 N–H and O–H groups in total. The van der Waals surface area contributed by atoms with Crippen molar-refractivity contribution in [2.75, 3.05) is 39.5 Å². The van der Waals surface area contributed by atoms with Gasteiger partial charge in [-0.05, 0) is 30.7 Å². The SMILES string of the molecule is COC(=O)c1cccc(CN2CCCN(S(C)(=O)=O)CC2)c1. The van der Waals surface area contributed by atoms with E-state index in [4.69, 9.17) is 4.74 Å². The molecule has 6 nitrogen and oxygen atoms in total. The molecule has 0 bridgehead atoms. The van der Waals surface area contributed by atoms with Crippen LogP contribution in [0.1, 0.15) is 22.3 Å². The lowest BCUT2D eigenvalue weighted by molar-refractivity contribution is 0.0600. The Kier molecular flexibility index (Phi) is 5.55. The van der Waals surface area contributed by atoms with Gasteiger partial charge in [-0.25, -0.2) is 17.5 Å². The van der Waals surface area contributed by atoms with Crippen LogP contribution in [-0.2, 0) is 21.3 Å². The minimum atomic E-state index is -3.12. The minimum absolute atomic E-state index is 0.346. The summed E-state index contributed by atoms with van der Waals surface area (Å²) in [5, 5.41) is 0. The predicted octanol–water partition coefficient (Wildman–Crippen LogP) is 0.940. The Morgan fingerprint density at radius 3 is 2.68 bits per heavy atom. The first-order valence-corrected chi connectivity index (χ1v) is 9.10. The molecule has 0 atom stereocenters. The molecule has 2 rings (SSSR count). The molecule has 1 aliphatic heterocycles. The van der Waals surface area contributed by atoms with Crippen molar-refractivity contribution in [3.05, 3.63) is 35.4 Å². The fraction of sp³-hybridized carbons (Fsp3) is 0.533. The van der Waals surface area contributed by atoms with Crippen LogP contribution in [0.4, 0.5) is 0 Å². The van der Waals surface area contributed by atoms with Crippen molar-refractivity contribution in [1.29, 1.82) is 0 Å². The maximum atomic E-state index is 11.6. The summed E-state index contributed by atoms with van der Waals surface area (Å²) >= 11 is 0. The Morgan fingerprint density at radius 1 is 1.23 bits per heavy atom. The number of carbonyl (C=O) groups excluding carboxylic acids is 1. The summed E-state index contributed by atoms with van der Waals surface area (Å²) in [6, 6.07) is 7.35. The molecule has 7 heteroatoms. The number of ether oxygens (including phenoxy) is 1. The van der Waals surface area contributed by atoms with Gasteiger partial charge in [-0.1, -0.05) is 12.1 Å². The average molecular weight is 326 g/mol. The number of methoxy groups -OCH3 is 1. The van der Waals surface area contributed by atoms with Gasteiger partial charge in [0.25, 0.3) is 0 Å². The molecule has 0 unspecified atom stereocenters. The highest BCUT2D eigenvalue weighted by molar-refractivity contribution is 7.88. The molecular weight excluding hydrogens is 304 g/mol. The van der Waals surface area contributed by atoms with Gasteiger partial charge < -0.3 is 4.74 Å². The monoisotopic (exact) mass is 326 g/mol. The summed E-state index contributed by atoms with van der Waals surface area (Å²) < 4.78 is 29.5. The molecule has 1 heterocycles. The van der Waals surface area contributed by atoms with Gasteiger partial charge in [-0.3, -0.25) is 4.90 Å². The van der Waals surface area contributed by atoms with E-state index in [1.165, 1.54) is 17.7 Å². The van der Waals surface area contributed by atoms with Gasteiger partial charge in [0, 0.05) is 26.2 Å². The molecule has 0 amide bonds. The van der Waals surface area contributed by atoms with Crippen molar-refractivity contribution >= 4 is 16.0 Å². The second-order valence-electron chi connectivity index (χ2n) is 5.48. The lowest BCUT2D eigenvalue weighted by Crippen LogP contribution is -2.34. The van der Waals surface area contributed by atoms with E-state index in [-0.39, 0.29) is 5.97 Å². The van der Waals surface area contributed by atoms with Crippen LogP contribution in [0.15, 0.2) is 24.3 Å². The third-order valence-corrected chi connectivity index (χ3v) is 5.07. The van der Waals surface area contributed by atoms with E-state index in [0.717, 1.165) is 18.5 Å². The third kappa shape index (κ3) is 4.53. The summed E-state index contributed by atoms with van der Waals surface area (Å²) in [4.78, 5) is 13.8. The lowest BCUT2D eigenvalue weighted by Gasteiger charge is -2.20. The first kappa shape index (κ1) is 16.9. The van der Waals surface area contributed by atoms with E-state index in [0.29, 0.717) is 31.7 Å². The molecule has 1 aliphatic rings. The van der Waals surface area contributed by atoms with Crippen molar-refractivity contribution in [3.63, 3.8) is 0 Å². The van der Waals surface area contributed by atoms with Crippen molar-refractivity contribution in [2.45, 2.75) is 13.0 Å². The van der Waals surface area contributed by atoms with Gasteiger partial charge >= 0.3 is 5.97 Å². The summed E-state index contributed by atoms with van der Waals surface area (Å²) in [5.41, 5.74) is 1.56. The fourth-order valence-electron chi connectivity index (χ4n) is 2.61. The Morgan fingerprint density at radius 2 is 2.00 bits per heavy atom. The normalized spacial score (nSPS) is 17.9. The summed E-state index contributed by atoms with van der Waals surface area (Å²) in [6.45, 7) is 3.31. The largest absolute Gasteiger partial charge is 0.465 e. The topological polar surface area (TPSA) is 66.9 Å². The number of carbonyl (C=O) groups is 1. The Balaban J connectivity index is 2.01. The van der Waals surface area contributed by atoms with E-state index in [1.54, 1.807) is 6.07 Å². The predicted molar refractivity (Wildman–Crippen MR) is 84.1 cm³/mol. The van der Waals surface area contributed by atoms with Crippen LogP contribution in [-0.4, -0.2) is 63.1 Å². The molecule has 0 spiro atoms. The molecule has 22 heavy (non-hydrogen) atoms. The smallest absolute Gasteiger partial charge is 0.337 e. The van der Waals surface area contributed by atoms with Crippen molar-refractivity contribution in [3.8, 4) is 0 Å². The van der Waals surface area contributed by atoms with E-state index in [1.807, 2.05) is 18.2 Å². The number of nitrogens with zero attached hydrogens (tertiary/aromatic N) is 2. The molecule has 0 aliphatic carbocycles. The minimum Gasteiger partial charge on any atom is -0.465 e. The highest BCUT2D eigenvalue weighted by Gasteiger charge is 2.21. The van der Waals surface area contributed by atoms with E-state index < -0.39 is 10.0 Å². The van der Waals surface area contributed by atoms with E-state index in [2.05, 4.69) is 4.90 Å². The number of benzene rings is 1. The van der Waals surface area contributed by atoms with E-state index >= 15 is 0 Å². The number of sulfonamides is 1. The van der Waals surface area contributed by atoms with E-state index in [9.17, 15) is 13.2 Å². The van der Waals surface area contributed by atoms with Gasteiger partial charge in [0.15, 0.2) is 0 Å². The van der Waals surface area contributed by atoms with Crippen LogP contribution in [0.3, 0.4) is 0 Å². The third-order valence-electron chi connectivity index (χ3n) is 3.77. The number of hydrogen-bond acceptors (Lipinski definition) is 5. The molecule has 122 valence electrons. The van der Waals surface area contributed by atoms with Gasteiger partial charge in [-0.15, -0.1) is 0 Å². The second kappa shape index (κ2) is 7.21. The molecule has 0 radical (unpaired) electrons. The van der Waals surface area contributed by atoms with Crippen LogP contribution in [0.5, 0.6) is 0 Å². The summed E-state index contributed by atoms with van der Waals surface area (Å²) in [7, 11) is -1.76. The van der Waals surface area contributed by atoms with Crippen LogP contribution >= 0.6 is 0 Å². The molecule has 0 aromatic heterocycles. The molecule has 1 saturated heterocycles. The summed E-state index contributed by atoms with van der Waals surface area (Å²) in [5.74, 6) is -0.346. The second-order valence-corrected chi connectivity index (χ2v) is 7.47. The highest BCUT2D eigenvalue weighted by atomic mass is 32.2. The number of esters is 1. The molecule has 1 fully saturated rings. The molecule has 0 saturated carbocycles. The van der Waals surface area contributed by atoms with Gasteiger partial charge in [-0.2, -0.15) is 0 Å². The van der Waals surface area contributed by atoms with Crippen LogP contribution in [0.25, 0.3) is 0 Å². The zero-order chi connectivity index (χ0) is 16.2. The summed E-state index contributed by atoms with van der Waals surface area (Å²) in [6.07, 6.45) is 2.06. The first-order valence-electron chi connectivity index (χ1n) is 7.25. The zero-order valence-electron chi connectivity index (χ0n) is 13.0. The molecule has 1 aromatic rings. The van der Waals surface area contributed by atoms with Gasteiger partial charge in [0.05, 0.1) is 18.9 Å². The van der Waals surface area contributed by atoms with Gasteiger partial charge in [0.2, 0.25) is 10.0 Å². The number of hydrogen-bond donors (Lipinski definition) is 0. The maximum Gasteiger partial charge on any atom is 0.337 e. The number of rotatable bonds is 4. The maximum absolute atomic E-state index is 11.6. The highest BCUT2D eigenvalue weighted by Crippen LogP contribution is 2.13. The van der Waals surface area contributed by atoms with Crippen molar-refractivity contribution < 1.29 is 17.9 Å². The zero-order valence-corrected chi connectivity index (χ0v) is 13.8. The van der Waals surface area contributed by atoms with Crippen molar-refractivity contribution in [2.24, 2.45) is 0 Å². The standard InChI is InChI=1S/C15H22N2O4S/c1-21-15(18)14-6-3-5-13(11-14)12-16-7-4-8-17(10-9-16)22(2,19)20/h3,5-6,11H,4,7-10,12H2,1-2H3. The van der Waals surface area contributed by atoms with Gasteiger partial charge in [0.1, 0.15) is 0 Å². The van der Waals surface area contributed by atoms with Crippen LogP contribution < -0.4 is 0 Å². The lowest BCUT2D eigenvalue weighted by atomic mass is 10.1. The van der Waals surface area contributed by atoms with Crippen molar-refractivity contribution in [1.82, 2.24) is 9.21 Å². The van der Waals surface area contributed by atoms with Crippen LogP contribution in [0, 0.1) is 0 Å². The molecule has 1 aromatic carbocycles. The Labute approximate surface area is 131 Å². The first-order chi connectivity index (χ1) is 10.4. The molecular formula is C15H22N2O4S. The Hall–Kier alpha value is -1.44. The average Bonchev–Trinajstić information content (AvgIpc) is 2.72. The Bertz CT molecular complexity index is 630. The fourth-order valence-corrected chi connectivity index (χ4v) is 3.48. The quantitative estimate of drug-likeness (QED) is 0.771.